The summed E-state index contributed by atoms with van der Waals surface area (Å²) in [5, 5.41) is 0. The number of rotatable bonds is 2. The van der Waals surface area contributed by atoms with E-state index in [0.29, 0.717) is 5.96 Å². The highest BCUT2D eigenvalue weighted by molar-refractivity contribution is 7.12. The lowest BCUT2D eigenvalue weighted by Crippen LogP contribution is -2.46. The van der Waals surface area contributed by atoms with E-state index in [1.54, 1.807) is 18.4 Å². The van der Waals surface area contributed by atoms with Crippen molar-refractivity contribution in [1.29, 1.82) is 0 Å². The van der Waals surface area contributed by atoms with Crippen molar-refractivity contribution < 1.29 is 4.79 Å². The molecule has 2 aromatic rings. The first-order valence-corrected chi connectivity index (χ1v) is 8.48. The first-order chi connectivity index (χ1) is 10.9. The zero-order valence-electron chi connectivity index (χ0n) is 13.8. The molecule has 5 heteroatoms. The summed E-state index contributed by atoms with van der Waals surface area (Å²) in [5.74, 6) is 0.114. The minimum atomic E-state index is -0.198. The molecule has 0 saturated carbocycles. The molecule has 2 N–H and O–H groups in total. The van der Waals surface area contributed by atoms with E-state index in [2.05, 4.69) is 49.2 Å². The molecule has 2 heterocycles. The predicted molar refractivity (Wildman–Crippen MR) is 95.5 cm³/mol. The lowest BCUT2D eigenvalue weighted by Gasteiger charge is -2.30. The Morgan fingerprint density at radius 3 is 2.70 bits per heavy atom. The number of hydrogen-bond donors (Lipinski definition) is 1. The Balaban J connectivity index is 2.03. The largest absolute Gasteiger partial charge is 0.369 e. The van der Waals surface area contributed by atoms with Gasteiger partial charge in [-0.25, -0.2) is 4.99 Å². The van der Waals surface area contributed by atoms with E-state index in [0.717, 1.165) is 4.88 Å². The van der Waals surface area contributed by atoms with Gasteiger partial charge in [0.1, 0.15) is 0 Å². The average Bonchev–Trinajstić information content (AvgIpc) is 2.90. The van der Waals surface area contributed by atoms with E-state index in [4.69, 9.17) is 5.73 Å². The molecule has 0 saturated heterocycles. The summed E-state index contributed by atoms with van der Waals surface area (Å²) in [6.07, 6.45) is 0. The molecule has 0 bridgehead atoms. The first-order valence-electron chi connectivity index (χ1n) is 7.66. The average molecular weight is 327 g/mol. The van der Waals surface area contributed by atoms with Gasteiger partial charge in [0.2, 0.25) is 5.91 Å². The zero-order chi connectivity index (χ0) is 16.7. The molecular formula is C18H21N3OS. The summed E-state index contributed by atoms with van der Waals surface area (Å²) in [4.78, 5) is 20.6. The monoisotopic (exact) mass is 327 g/mol. The van der Waals surface area contributed by atoms with Crippen molar-refractivity contribution >= 4 is 23.2 Å². The number of carbonyl (C=O) groups is 1. The molecule has 4 nitrogen and oxygen atoms in total. The molecule has 23 heavy (non-hydrogen) atoms. The Kier molecular flexibility index (Phi) is 3.98. The third kappa shape index (κ3) is 2.77. The predicted octanol–water partition coefficient (Wildman–Crippen LogP) is 3.50. The van der Waals surface area contributed by atoms with Crippen molar-refractivity contribution in [1.82, 2.24) is 4.90 Å². The minimum absolute atomic E-state index is 0.0191. The molecule has 120 valence electrons. The van der Waals surface area contributed by atoms with E-state index < -0.39 is 0 Å². The van der Waals surface area contributed by atoms with Gasteiger partial charge in [-0.3, -0.25) is 9.69 Å². The molecule has 1 aromatic heterocycles. The number of carbonyl (C=O) groups excluding carboxylic acids is 1. The molecule has 1 aliphatic rings. The van der Waals surface area contributed by atoms with Gasteiger partial charge in [0, 0.05) is 16.8 Å². The quantitative estimate of drug-likeness (QED) is 0.918. The van der Waals surface area contributed by atoms with Gasteiger partial charge in [-0.1, -0.05) is 36.8 Å². The molecule has 0 radical (unpaired) electrons. The van der Waals surface area contributed by atoms with Gasteiger partial charge in [-0.15, -0.1) is 11.3 Å². The first kappa shape index (κ1) is 15.7. The maximum Gasteiger partial charge on any atom is 0.234 e. The van der Waals surface area contributed by atoms with Crippen LogP contribution in [0.5, 0.6) is 0 Å². The van der Waals surface area contributed by atoms with Crippen LogP contribution in [0.3, 0.4) is 0 Å². The van der Waals surface area contributed by atoms with E-state index >= 15 is 0 Å². The Morgan fingerprint density at radius 1 is 1.26 bits per heavy atom. The highest BCUT2D eigenvalue weighted by Crippen LogP contribution is 2.39. The molecule has 1 amide bonds. The van der Waals surface area contributed by atoms with Crippen LogP contribution in [-0.2, 0) is 4.79 Å². The maximum absolute atomic E-state index is 12.3. The van der Waals surface area contributed by atoms with Crippen LogP contribution in [0.4, 0.5) is 0 Å². The van der Waals surface area contributed by atoms with Gasteiger partial charge < -0.3 is 5.73 Å². The number of hydrogen-bond acceptors (Lipinski definition) is 4. The topological polar surface area (TPSA) is 58.7 Å². The minimum Gasteiger partial charge on any atom is -0.369 e. The summed E-state index contributed by atoms with van der Waals surface area (Å²) < 4.78 is 0. The lowest BCUT2D eigenvalue weighted by molar-refractivity contribution is -0.131. The molecule has 1 aliphatic heterocycles. The molecule has 3 rings (SSSR count). The molecule has 0 spiro atoms. The number of amides is 1. The van der Waals surface area contributed by atoms with Crippen molar-refractivity contribution in [2.75, 3.05) is 7.05 Å². The van der Waals surface area contributed by atoms with Crippen LogP contribution in [0.2, 0.25) is 0 Å². The van der Waals surface area contributed by atoms with Crippen molar-refractivity contribution in [2.45, 2.75) is 26.8 Å². The molecule has 1 aromatic carbocycles. The number of aliphatic imine (C=N–C) groups is 1. The molecule has 2 atom stereocenters. The second kappa shape index (κ2) is 5.81. The Morgan fingerprint density at radius 2 is 2.00 bits per heavy atom. The summed E-state index contributed by atoms with van der Waals surface area (Å²) in [7, 11) is 1.67. The third-order valence-corrected chi connectivity index (χ3v) is 5.49. The van der Waals surface area contributed by atoms with Gasteiger partial charge in [0.15, 0.2) is 5.96 Å². The van der Waals surface area contributed by atoms with Gasteiger partial charge in [-0.05, 0) is 31.0 Å². The maximum atomic E-state index is 12.3. The van der Waals surface area contributed by atoms with Gasteiger partial charge >= 0.3 is 0 Å². The summed E-state index contributed by atoms with van der Waals surface area (Å²) in [6, 6.07) is 10.4. The van der Waals surface area contributed by atoms with Crippen LogP contribution >= 0.6 is 11.3 Å². The second-order valence-corrected chi connectivity index (χ2v) is 7.39. The molecule has 0 aliphatic carbocycles. The van der Waals surface area contributed by atoms with Crippen LogP contribution in [0.1, 0.15) is 28.3 Å². The normalized spacial score (nSPS) is 21.5. The lowest BCUT2D eigenvalue weighted by atomic mass is 9.96. The third-order valence-electron chi connectivity index (χ3n) is 4.37. The van der Waals surface area contributed by atoms with Crippen LogP contribution in [0, 0.1) is 19.8 Å². The van der Waals surface area contributed by atoms with E-state index in [-0.39, 0.29) is 17.9 Å². The van der Waals surface area contributed by atoms with Crippen molar-refractivity contribution in [3.8, 4) is 11.1 Å². The van der Waals surface area contributed by atoms with E-state index in [9.17, 15) is 4.79 Å². The summed E-state index contributed by atoms with van der Waals surface area (Å²) in [5.41, 5.74) is 9.54. The zero-order valence-corrected chi connectivity index (χ0v) is 14.6. The fourth-order valence-electron chi connectivity index (χ4n) is 2.95. The Hall–Kier alpha value is -2.14. The number of thiophene rings is 1. The highest BCUT2D eigenvalue weighted by Gasteiger charge is 2.34. The van der Waals surface area contributed by atoms with Crippen molar-refractivity contribution in [3.05, 3.63) is 45.6 Å². The molecular weight excluding hydrogens is 306 g/mol. The highest BCUT2D eigenvalue weighted by atomic mass is 32.1. The second-order valence-electron chi connectivity index (χ2n) is 6.11. The van der Waals surface area contributed by atoms with Gasteiger partial charge in [-0.2, -0.15) is 0 Å². The number of aryl methyl sites for hydroxylation is 2. The van der Waals surface area contributed by atoms with Crippen molar-refractivity contribution in [3.63, 3.8) is 0 Å². The number of benzene rings is 1. The summed E-state index contributed by atoms with van der Waals surface area (Å²) >= 11 is 1.70. The van der Waals surface area contributed by atoms with Crippen LogP contribution in [-0.4, -0.2) is 23.8 Å². The van der Waals surface area contributed by atoms with Crippen LogP contribution in [0.25, 0.3) is 11.1 Å². The Labute approximate surface area is 140 Å². The van der Waals surface area contributed by atoms with E-state index in [1.165, 1.54) is 26.5 Å². The number of nitrogens with zero attached hydrogens (tertiary/aromatic N) is 2. The smallest absolute Gasteiger partial charge is 0.234 e. The fourth-order valence-corrected chi connectivity index (χ4v) is 4.15. The number of guanidine groups is 1. The standard InChI is InChI=1S/C18H21N3OS/c1-10-6-5-7-13(8-10)14-9-15(23-12(14)3)16-11(2)17(22)21(4)18(19)20-16/h5-9,11,16H,1-4H3,(H2,19,20)/t11?,16-/m0/s1. The fraction of sp³-hybridized carbons (Fsp3) is 0.333. The number of nitrogens with two attached hydrogens (primary N) is 1. The molecule has 1 unspecified atom stereocenters. The van der Waals surface area contributed by atoms with Crippen LogP contribution < -0.4 is 5.73 Å². The Bertz CT molecular complexity index is 793. The van der Waals surface area contributed by atoms with Crippen LogP contribution in [0.15, 0.2) is 35.3 Å². The van der Waals surface area contributed by atoms with Gasteiger partial charge in [0.05, 0.1) is 12.0 Å². The van der Waals surface area contributed by atoms with Gasteiger partial charge in [0.25, 0.3) is 0 Å². The van der Waals surface area contributed by atoms with E-state index in [1.807, 2.05) is 6.92 Å². The van der Waals surface area contributed by atoms with Crippen molar-refractivity contribution in [2.24, 2.45) is 16.6 Å². The SMILES string of the molecule is Cc1cccc(-c2cc([C@H]3N=C(N)N(C)C(=O)C3C)sc2C)c1. The molecule has 0 fully saturated rings. The summed E-state index contributed by atoms with van der Waals surface area (Å²) in [6.45, 7) is 6.12.